The van der Waals surface area contributed by atoms with E-state index in [4.69, 9.17) is 18.3 Å². The maximum atomic E-state index is 11.5. The van der Waals surface area contributed by atoms with Crippen molar-refractivity contribution in [1.82, 2.24) is 4.90 Å². The van der Waals surface area contributed by atoms with Crippen molar-refractivity contribution in [3.63, 3.8) is 0 Å². The van der Waals surface area contributed by atoms with Crippen molar-refractivity contribution in [1.29, 1.82) is 0 Å². The van der Waals surface area contributed by atoms with Gasteiger partial charge in [0.1, 0.15) is 30.5 Å². The van der Waals surface area contributed by atoms with E-state index in [1.165, 1.54) is 0 Å². The number of benzene rings is 1. The van der Waals surface area contributed by atoms with Gasteiger partial charge in [0.15, 0.2) is 17.6 Å². The summed E-state index contributed by atoms with van der Waals surface area (Å²) in [6.45, 7) is -1.98. The van der Waals surface area contributed by atoms with Crippen molar-refractivity contribution >= 4 is 5.97 Å². The summed E-state index contributed by atoms with van der Waals surface area (Å²) in [6, 6.07) is 3.01. The van der Waals surface area contributed by atoms with Crippen LogP contribution in [-0.2, 0) is 21.4 Å². The first kappa shape index (κ1) is 18.2. The smallest absolute Gasteiger partial charge is 0.335 e. The van der Waals surface area contributed by atoms with Crippen molar-refractivity contribution in [3.8, 4) is 11.5 Å². The summed E-state index contributed by atoms with van der Waals surface area (Å²) in [5, 5.41) is 50.7. The molecule has 5 N–H and O–H groups in total. The van der Waals surface area contributed by atoms with Crippen LogP contribution in [0.3, 0.4) is 0 Å². The van der Waals surface area contributed by atoms with Gasteiger partial charge < -0.3 is 44.6 Å². The molecule has 2 aliphatic carbocycles. The summed E-state index contributed by atoms with van der Waals surface area (Å²) >= 11 is 0. The number of hydrogen-bond donors (Lipinski definition) is 5. The number of nitrogens with zero attached hydrogens (tertiary/aromatic N) is 1. The summed E-state index contributed by atoms with van der Waals surface area (Å²) in [5.74, 6) is -1.32. The van der Waals surface area contributed by atoms with E-state index in [2.05, 4.69) is 0 Å². The Morgan fingerprint density at radius 2 is 2.03 bits per heavy atom. The Morgan fingerprint density at radius 1 is 1.21 bits per heavy atom. The Labute approximate surface area is 193 Å². The number of aliphatic carboxylic acids is 1. The van der Waals surface area contributed by atoms with Crippen molar-refractivity contribution in [2.75, 3.05) is 13.5 Å². The number of likely N-dealkylation sites (tertiary alicyclic amines) is 1. The predicted octanol–water partition coefficient (Wildman–Crippen LogP) is -1.24. The van der Waals surface area contributed by atoms with Crippen molar-refractivity contribution in [2.45, 2.75) is 67.2 Å². The fourth-order valence-electron chi connectivity index (χ4n) is 6.41. The minimum absolute atomic E-state index is 0.122. The first-order valence-corrected chi connectivity index (χ1v) is 11.0. The Hall–Kier alpha value is -2.21. The fourth-order valence-corrected chi connectivity index (χ4v) is 6.41. The summed E-state index contributed by atoms with van der Waals surface area (Å²) in [4.78, 5) is 13.0. The van der Waals surface area contributed by atoms with Gasteiger partial charge in [-0.1, -0.05) is 18.2 Å². The second-order valence-electron chi connectivity index (χ2n) is 9.47. The maximum absolute atomic E-state index is 11.5. The number of aliphatic hydroxyl groups is 4. The number of hydrogen-bond acceptors (Lipinski definition) is 9. The van der Waals surface area contributed by atoms with E-state index in [0.29, 0.717) is 18.6 Å². The molecule has 178 valence electrons. The molecule has 2 unspecified atom stereocenters. The summed E-state index contributed by atoms with van der Waals surface area (Å²) in [5.41, 5.74) is 0.982. The molecule has 33 heavy (non-hydrogen) atoms. The number of carboxylic acid groups (broad SMARTS) is 1. The molecule has 0 saturated carbocycles. The highest BCUT2D eigenvalue weighted by atomic mass is 16.7. The van der Waals surface area contributed by atoms with E-state index < -0.39 is 61.3 Å². The van der Waals surface area contributed by atoms with Crippen molar-refractivity contribution in [2.24, 2.45) is 5.92 Å². The van der Waals surface area contributed by atoms with E-state index >= 15 is 0 Å². The number of rotatable bonds is 3. The van der Waals surface area contributed by atoms with Gasteiger partial charge in [0.2, 0.25) is 6.29 Å². The summed E-state index contributed by atoms with van der Waals surface area (Å²) < 4.78 is 41.5. The lowest BCUT2D eigenvalue weighted by Gasteiger charge is -2.56. The quantitative estimate of drug-likeness (QED) is 0.344. The van der Waals surface area contributed by atoms with Crippen LogP contribution in [0.1, 0.15) is 21.7 Å². The van der Waals surface area contributed by atoms with E-state index in [1.54, 1.807) is 23.1 Å². The number of piperidine rings is 1. The Kier molecular flexibility index (Phi) is 3.93. The standard InChI is InChI=1S/C23H27NO9/c1-24-7-6-23-10-3-4-12(25)20(23)32-18-13(5-2-9(14(18)23)8-11(10)24)31-22-17(28)15(26)16(27)19(33-22)21(29)30/h2-5,10-12,15-17,19-20,22,25-28H,6-8H2,1H3,(H,29,30)/t10-,11+,12-,15+,16-,17?,19?,20-,22+,23-/m0/s1/i1D3. The molecule has 1 aromatic rings. The number of carboxylic acids is 1. The highest BCUT2D eigenvalue weighted by Crippen LogP contribution is 2.62. The van der Waals surface area contributed by atoms with Crippen LogP contribution in [-0.4, -0.2) is 98.9 Å². The van der Waals surface area contributed by atoms with E-state index in [1.807, 2.05) is 6.08 Å². The second-order valence-corrected chi connectivity index (χ2v) is 9.47. The Morgan fingerprint density at radius 3 is 2.79 bits per heavy atom. The molecule has 1 aromatic carbocycles. The molecule has 3 aliphatic heterocycles. The lowest BCUT2D eigenvalue weighted by Crippen LogP contribution is -2.64. The van der Waals surface area contributed by atoms with Crippen LogP contribution in [0.2, 0.25) is 0 Å². The molecule has 10 atom stereocenters. The zero-order valence-electron chi connectivity index (χ0n) is 20.4. The summed E-state index contributed by atoms with van der Waals surface area (Å²) in [6.07, 6.45) is -6.11. The van der Waals surface area contributed by atoms with Crippen LogP contribution in [0.5, 0.6) is 11.5 Å². The minimum atomic E-state index is -2.27. The molecule has 2 bridgehead atoms. The van der Waals surface area contributed by atoms with Crippen LogP contribution in [0.25, 0.3) is 0 Å². The lowest BCUT2D eigenvalue weighted by atomic mass is 9.53. The SMILES string of the molecule is [2H]C([2H])([2H])N1CC[C@]23c4c5ccc(O[C@@H]6OC(C(=O)O)[C@@H](O)[C@@H](O)C6O)c4O[C@H]2[C@@H](O)C=C[C@H]3[C@H]1C5. The van der Waals surface area contributed by atoms with Crippen LogP contribution < -0.4 is 9.47 Å². The fraction of sp³-hybridized carbons (Fsp3) is 0.609. The minimum Gasteiger partial charge on any atom is -0.482 e. The molecule has 3 heterocycles. The van der Waals surface area contributed by atoms with Gasteiger partial charge in [0.25, 0.3) is 0 Å². The third-order valence-corrected chi connectivity index (χ3v) is 7.91. The number of likely N-dealkylation sites (N-methyl/N-ethyl adjacent to an activating group) is 1. The van der Waals surface area contributed by atoms with Crippen molar-refractivity contribution < 1.29 is 48.7 Å². The normalized spacial score (nSPS) is 47.0. The van der Waals surface area contributed by atoms with Gasteiger partial charge in [-0.25, -0.2) is 4.79 Å². The number of ether oxygens (including phenoxy) is 3. The topological polar surface area (TPSA) is 149 Å². The highest BCUT2D eigenvalue weighted by molar-refractivity contribution is 5.73. The van der Waals surface area contributed by atoms with E-state index in [-0.39, 0.29) is 24.3 Å². The molecule has 2 saturated heterocycles. The van der Waals surface area contributed by atoms with E-state index in [9.17, 15) is 30.3 Å². The highest BCUT2D eigenvalue weighted by Gasteiger charge is 2.64. The zero-order valence-corrected chi connectivity index (χ0v) is 17.4. The van der Waals surface area contributed by atoms with Gasteiger partial charge in [-0.2, -0.15) is 0 Å². The third-order valence-electron chi connectivity index (χ3n) is 7.91. The molecular weight excluding hydrogens is 434 g/mol. The van der Waals surface area contributed by atoms with Gasteiger partial charge in [-0.05, 0) is 38.0 Å². The molecule has 0 amide bonds. The van der Waals surface area contributed by atoms with Crippen LogP contribution in [0.15, 0.2) is 24.3 Å². The average Bonchev–Trinajstić information content (AvgIpc) is 3.15. The average molecular weight is 464 g/mol. The summed E-state index contributed by atoms with van der Waals surface area (Å²) in [7, 11) is 0. The third kappa shape index (κ3) is 2.73. The monoisotopic (exact) mass is 464 g/mol. The zero-order chi connectivity index (χ0) is 25.7. The first-order chi connectivity index (χ1) is 16.9. The number of aliphatic hydroxyl groups excluding tert-OH is 4. The van der Waals surface area contributed by atoms with Gasteiger partial charge in [0, 0.05) is 27.1 Å². The molecular formula is C23H27NO9. The van der Waals surface area contributed by atoms with Crippen LogP contribution in [0, 0.1) is 5.92 Å². The van der Waals surface area contributed by atoms with Gasteiger partial charge in [-0.3, -0.25) is 0 Å². The van der Waals surface area contributed by atoms with Crippen molar-refractivity contribution in [3.05, 3.63) is 35.4 Å². The largest absolute Gasteiger partial charge is 0.482 e. The van der Waals surface area contributed by atoms with Gasteiger partial charge in [-0.15, -0.1) is 0 Å². The molecule has 5 aliphatic rings. The molecule has 1 spiro atoms. The van der Waals surface area contributed by atoms with Gasteiger partial charge in [0.05, 0.1) is 0 Å². The van der Waals surface area contributed by atoms with Gasteiger partial charge >= 0.3 is 5.97 Å². The molecule has 10 nitrogen and oxygen atoms in total. The maximum Gasteiger partial charge on any atom is 0.335 e. The number of carbonyl (C=O) groups is 1. The Bertz CT molecular complexity index is 1130. The van der Waals surface area contributed by atoms with E-state index in [0.717, 1.165) is 11.1 Å². The first-order valence-electron chi connectivity index (χ1n) is 12.5. The predicted molar refractivity (Wildman–Crippen MR) is 111 cm³/mol. The molecule has 6 rings (SSSR count). The Balaban J connectivity index is 1.41. The molecule has 2 fully saturated rings. The lowest BCUT2D eigenvalue weighted by molar-refractivity contribution is -0.271. The van der Waals surface area contributed by atoms with Crippen LogP contribution >= 0.6 is 0 Å². The molecule has 10 heteroatoms. The molecule has 0 aromatic heterocycles. The van der Waals surface area contributed by atoms with Crippen LogP contribution in [0.4, 0.5) is 0 Å². The molecule has 0 radical (unpaired) electrons. The second kappa shape index (κ2) is 7.14.